The summed E-state index contributed by atoms with van der Waals surface area (Å²) in [6.45, 7) is 8.42. The monoisotopic (exact) mass is 389 g/mol. The van der Waals surface area contributed by atoms with Crippen LogP contribution in [-0.4, -0.2) is 17.3 Å². The van der Waals surface area contributed by atoms with E-state index in [0.29, 0.717) is 5.56 Å². The van der Waals surface area contributed by atoms with Crippen LogP contribution in [0.4, 0.5) is 0 Å². The van der Waals surface area contributed by atoms with E-state index in [1.54, 1.807) is 0 Å². The van der Waals surface area contributed by atoms with Gasteiger partial charge in [0.05, 0.1) is 0 Å². The number of hydrogen-bond acceptors (Lipinski definition) is 1. The van der Waals surface area contributed by atoms with Crippen LogP contribution in [-0.2, 0) is 0 Å². The fourth-order valence-corrected chi connectivity index (χ4v) is 3.01. The molecule has 1 unspecified atom stereocenters. The maximum atomic E-state index is 12.3. The maximum Gasteiger partial charge on any atom is 0.251 e. The third-order valence-corrected chi connectivity index (χ3v) is 3.97. The molecule has 1 amide bonds. The lowest BCUT2D eigenvalue weighted by molar-refractivity contribution is 0.0900. The van der Waals surface area contributed by atoms with E-state index in [2.05, 4.69) is 57.9 Å². The van der Waals surface area contributed by atoms with Crippen LogP contribution >= 0.6 is 31.9 Å². The molecule has 0 saturated heterocycles. The first kappa shape index (κ1) is 16.7. The van der Waals surface area contributed by atoms with Crippen LogP contribution in [0.2, 0.25) is 0 Å². The number of alkyl halides is 1. The van der Waals surface area contributed by atoms with Gasteiger partial charge in [0.2, 0.25) is 0 Å². The Bertz CT molecular complexity index is 432. The van der Waals surface area contributed by atoms with E-state index in [-0.39, 0.29) is 17.4 Å². The minimum absolute atomic E-state index is 0.00900. The molecule has 1 rings (SSSR count). The topological polar surface area (TPSA) is 29.1 Å². The number of halogens is 2. The molecule has 1 aromatic rings. The van der Waals surface area contributed by atoms with Gasteiger partial charge in [-0.05, 0) is 42.5 Å². The summed E-state index contributed by atoms with van der Waals surface area (Å²) in [5.74, 6) is -0.00900. The first-order valence-corrected chi connectivity index (χ1v) is 8.29. The number of rotatable bonds is 4. The Morgan fingerprint density at radius 2 is 1.95 bits per heavy atom. The van der Waals surface area contributed by atoms with Crippen LogP contribution in [0.15, 0.2) is 22.7 Å². The van der Waals surface area contributed by atoms with E-state index in [9.17, 15) is 4.79 Å². The van der Waals surface area contributed by atoms with Crippen molar-refractivity contribution in [3.8, 4) is 0 Å². The van der Waals surface area contributed by atoms with Gasteiger partial charge in [-0.1, -0.05) is 52.6 Å². The van der Waals surface area contributed by atoms with Crippen LogP contribution in [0.25, 0.3) is 0 Å². The minimum Gasteiger partial charge on any atom is -0.349 e. The normalized spacial score (nSPS) is 13.2. The number of aryl methyl sites for hydroxylation is 1. The molecule has 0 aromatic heterocycles. The van der Waals surface area contributed by atoms with Crippen molar-refractivity contribution in [3.63, 3.8) is 0 Å². The number of hydrogen-bond donors (Lipinski definition) is 1. The van der Waals surface area contributed by atoms with Gasteiger partial charge in [0.15, 0.2) is 0 Å². The Labute approximate surface area is 132 Å². The SMILES string of the molecule is Cc1cc(Br)cc(C(=O)NC(CCBr)C(C)(C)C)c1. The smallest absolute Gasteiger partial charge is 0.251 e. The molecule has 0 spiro atoms. The minimum atomic E-state index is -0.00900. The summed E-state index contributed by atoms with van der Waals surface area (Å²) in [4.78, 5) is 12.3. The highest BCUT2D eigenvalue weighted by molar-refractivity contribution is 9.10. The predicted octanol–water partition coefficient (Wildman–Crippen LogP) is 4.69. The van der Waals surface area contributed by atoms with Gasteiger partial charge in [-0.2, -0.15) is 0 Å². The zero-order valence-corrected chi connectivity index (χ0v) is 15.1. The average molecular weight is 391 g/mol. The number of amides is 1. The van der Waals surface area contributed by atoms with E-state index in [4.69, 9.17) is 0 Å². The Morgan fingerprint density at radius 3 is 2.42 bits per heavy atom. The van der Waals surface area contributed by atoms with Gasteiger partial charge in [0.1, 0.15) is 0 Å². The molecule has 0 aliphatic rings. The lowest BCUT2D eigenvalue weighted by Gasteiger charge is -2.31. The molecule has 1 N–H and O–H groups in total. The van der Waals surface area contributed by atoms with E-state index < -0.39 is 0 Å². The first-order valence-electron chi connectivity index (χ1n) is 6.38. The maximum absolute atomic E-state index is 12.3. The highest BCUT2D eigenvalue weighted by atomic mass is 79.9. The molecule has 106 valence electrons. The van der Waals surface area contributed by atoms with E-state index in [0.717, 1.165) is 21.8 Å². The van der Waals surface area contributed by atoms with Gasteiger partial charge in [0.25, 0.3) is 5.91 Å². The van der Waals surface area contributed by atoms with Crippen LogP contribution < -0.4 is 5.32 Å². The molecule has 0 saturated carbocycles. The van der Waals surface area contributed by atoms with Crippen molar-refractivity contribution in [2.24, 2.45) is 5.41 Å². The van der Waals surface area contributed by atoms with E-state index >= 15 is 0 Å². The summed E-state index contributed by atoms with van der Waals surface area (Å²) in [6.07, 6.45) is 0.919. The highest BCUT2D eigenvalue weighted by Gasteiger charge is 2.26. The van der Waals surface area contributed by atoms with Crippen LogP contribution in [0.5, 0.6) is 0 Å². The molecular weight excluding hydrogens is 370 g/mol. The third-order valence-electron chi connectivity index (χ3n) is 3.05. The molecular formula is C15H21Br2NO. The van der Waals surface area contributed by atoms with Crippen molar-refractivity contribution >= 4 is 37.8 Å². The van der Waals surface area contributed by atoms with Crippen molar-refractivity contribution in [3.05, 3.63) is 33.8 Å². The molecule has 0 heterocycles. The second-order valence-corrected chi connectivity index (χ2v) is 7.60. The lowest BCUT2D eigenvalue weighted by atomic mass is 9.85. The fourth-order valence-electron chi connectivity index (χ4n) is 1.94. The fraction of sp³-hybridized carbons (Fsp3) is 0.533. The van der Waals surface area contributed by atoms with Crippen LogP contribution in [0.1, 0.15) is 43.1 Å². The van der Waals surface area contributed by atoms with Gasteiger partial charge >= 0.3 is 0 Å². The second-order valence-electron chi connectivity index (χ2n) is 5.89. The summed E-state index contributed by atoms with van der Waals surface area (Å²) < 4.78 is 0.936. The molecule has 0 aliphatic heterocycles. The number of carbonyl (C=O) groups excluding carboxylic acids is 1. The number of carbonyl (C=O) groups is 1. The first-order chi connectivity index (χ1) is 8.74. The summed E-state index contributed by atoms with van der Waals surface area (Å²) in [5.41, 5.74) is 1.83. The lowest BCUT2D eigenvalue weighted by Crippen LogP contribution is -2.44. The van der Waals surface area contributed by atoms with Crippen LogP contribution in [0, 0.1) is 12.3 Å². The van der Waals surface area contributed by atoms with E-state index in [1.807, 2.05) is 25.1 Å². The second kappa shape index (κ2) is 6.89. The Hall–Kier alpha value is -0.350. The standard InChI is InChI=1S/C15H21Br2NO/c1-10-7-11(9-12(17)8-10)14(19)18-13(5-6-16)15(2,3)4/h7-9,13H,5-6H2,1-4H3,(H,18,19). The zero-order valence-electron chi connectivity index (χ0n) is 11.9. The summed E-state index contributed by atoms with van der Waals surface area (Å²) in [5, 5.41) is 4.02. The summed E-state index contributed by atoms with van der Waals surface area (Å²) in [6, 6.07) is 5.92. The van der Waals surface area contributed by atoms with Gasteiger partial charge in [-0.25, -0.2) is 0 Å². The molecule has 0 aliphatic carbocycles. The quantitative estimate of drug-likeness (QED) is 0.742. The Kier molecular flexibility index (Phi) is 6.06. The molecule has 4 heteroatoms. The third kappa shape index (κ3) is 5.27. The molecule has 1 aromatic carbocycles. The summed E-state index contributed by atoms with van der Waals surface area (Å²) in [7, 11) is 0. The predicted molar refractivity (Wildman–Crippen MR) is 88.0 cm³/mol. The van der Waals surface area contributed by atoms with Crippen molar-refractivity contribution in [1.29, 1.82) is 0 Å². The van der Waals surface area contributed by atoms with Gasteiger partial charge in [-0.3, -0.25) is 4.79 Å². The van der Waals surface area contributed by atoms with Gasteiger partial charge in [0, 0.05) is 21.4 Å². The molecule has 2 nitrogen and oxygen atoms in total. The van der Waals surface area contributed by atoms with Crippen LogP contribution in [0.3, 0.4) is 0 Å². The van der Waals surface area contributed by atoms with E-state index in [1.165, 1.54) is 0 Å². The van der Waals surface area contributed by atoms with Gasteiger partial charge < -0.3 is 5.32 Å². The van der Waals surface area contributed by atoms with Crippen molar-refractivity contribution in [1.82, 2.24) is 5.32 Å². The molecule has 1 atom stereocenters. The molecule has 19 heavy (non-hydrogen) atoms. The zero-order chi connectivity index (χ0) is 14.6. The van der Waals surface area contributed by atoms with Crippen molar-refractivity contribution in [2.75, 3.05) is 5.33 Å². The molecule has 0 radical (unpaired) electrons. The van der Waals surface area contributed by atoms with Gasteiger partial charge in [-0.15, -0.1) is 0 Å². The number of nitrogens with one attached hydrogen (secondary N) is 1. The Morgan fingerprint density at radius 1 is 1.32 bits per heavy atom. The average Bonchev–Trinajstić information content (AvgIpc) is 2.25. The molecule has 0 fully saturated rings. The number of benzene rings is 1. The van der Waals surface area contributed by atoms with Crippen molar-refractivity contribution < 1.29 is 4.79 Å². The highest BCUT2D eigenvalue weighted by Crippen LogP contribution is 2.23. The Balaban J connectivity index is 2.87. The van der Waals surface area contributed by atoms with Crippen molar-refractivity contribution in [2.45, 2.75) is 40.2 Å². The summed E-state index contributed by atoms with van der Waals surface area (Å²) >= 11 is 6.88. The largest absolute Gasteiger partial charge is 0.349 e. The molecule has 0 bridgehead atoms.